The highest BCUT2D eigenvalue weighted by molar-refractivity contribution is 5.97. The van der Waals surface area contributed by atoms with E-state index in [1.54, 1.807) is 13.8 Å². The quantitative estimate of drug-likeness (QED) is 0.867. The number of carbonyl (C=O) groups is 2. The Kier molecular flexibility index (Phi) is 3.46. The smallest absolute Gasteiger partial charge is 0.406 e. The number of nitrogens with one attached hydrogen (secondary N) is 1. The maximum absolute atomic E-state index is 13.1. The summed E-state index contributed by atoms with van der Waals surface area (Å²) in [5.41, 5.74) is -1.89. The van der Waals surface area contributed by atoms with Crippen molar-refractivity contribution in [3.63, 3.8) is 0 Å². The van der Waals surface area contributed by atoms with Crippen LogP contribution < -0.4 is 0 Å². The van der Waals surface area contributed by atoms with Crippen LogP contribution in [0.3, 0.4) is 0 Å². The Labute approximate surface area is 117 Å². The fraction of sp³-hybridized carbons (Fsp3) is 0.583. The highest BCUT2D eigenvalue weighted by Gasteiger charge is 2.64. The normalized spacial score (nSPS) is 22.6. The zero-order valence-corrected chi connectivity index (χ0v) is 11.4. The number of carboxylic acid groups (broad SMARTS) is 1. The van der Waals surface area contributed by atoms with Gasteiger partial charge >= 0.3 is 12.1 Å². The van der Waals surface area contributed by atoms with Crippen LogP contribution in [0.2, 0.25) is 0 Å². The lowest BCUT2D eigenvalue weighted by Crippen LogP contribution is -2.47. The lowest BCUT2D eigenvalue weighted by Gasteiger charge is -2.27. The van der Waals surface area contributed by atoms with Gasteiger partial charge in [-0.3, -0.25) is 14.7 Å². The first-order chi connectivity index (χ1) is 9.60. The first kappa shape index (κ1) is 15.3. The second-order valence-corrected chi connectivity index (χ2v) is 5.17. The maximum Gasteiger partial charge on any atom is 0.406 e. The van der Waals surface area contributed by atoms with E-state index in [9.17, 15) is 22.8 Å². The van der Waals surface area contributed by atoms with Crippen molar-refractivity contribution in [2.24, 2.45) is 5.41 Å². The summed E-state index contributed by atoms with van der Waals surface area (Å²) in [6.45, 7) is 2.00. The standard InChI is InChI=1S/C12H14F3N3O3/c1-6-8(7(2)17-16-6)9(19)18-4-3-11(5-18,10(20)21)12(13,14)15/h3-5H2,1-2H3,(H,16,17)(H,20,21). The number of alkyl halides is 3. The van der Waals surface area contributed by atoms with Gasteiger partial charge < -0.3 is 10.0 Å². The molecule has 0 spiro atoms. The van der Waals surface area contributed by atoms with E-state index in [-0.39, 0.29) is 12.1 Å². The minimum atomic E-state index is -4.91. The van der Waals surface area contributed by atoms with Crippen molar-refractivity contribution >= 4 is 11.9 Å². The zero-order valence-electron chi connectivity index (χ0n) is 11.4. The zero-order chi connectivity index (χ0) is 16.0. The molecular weight excluding hydrogens is 291 g/mol. The summed E-state index contributed by atoms with van der Waals surface area (Å²) in [4.78, 5) is 24.3. The molecule has 116 valence electrons. The molecule has 1 unspecified atom stereocenters. The second-order valence-electron chi connectivity index (χ2n) is 5.17. The van der Waals surface area contributed by atoms with Crippen LogP contribution in [-0.4, -0.2) is 51.3 Å². The van der Waals surface area contributed by atoms with Crippen molar-refractivity contribution in [2.75, 3.05) is 13.1 Å². The van der Waals surface area contributed by atoms with Gasteiger partial charge in [-0.2, -0.15) is 18.3 Å². The number of amides is 1. The van der Waals surface area contributed by atoms with Crippen molar-refractivity contribution in [1.29, 1.82) is 0 Å². The molecular formula is C12H14F3N3O3. The fourth-order valence-electron chi connectivity index (χ4n) is 2.53. The molecule has 1 aromatic heterocycles. The minimum Gasteiger partial charge on any atom is -0.481 e. The molecule has 0 radical (unpaired) electrons. The highest BCUT2D eigenvalue weighted by atomic mass is 19.4. The maximum atomic E-state index is 13.1. The van der Waals surface area contributed by atoms with E-state index in [2.05, 4.69) is 10.2 Å². The van der Waals surface area contributed by atoms with Crippen LogP contribution in [0.5, 0.6) is 0 Å². The van der Waals surface area contributed by atoms with Gasteiger partial charge in [0.05, 0.1) is 11.3 Å². The Morgan fingerprint density at radius 1 is 1.38 bits per heavy atom. The first-order valence-electron chi connectivity index (χ1n) is 6.21. The van der Waals surface area contributed by atoms with Gasteiger partial charge in [0.25, 0.3) is 5.91 Å². The van der Waals surface area contributed by atoms with Gasteiger partial charge in [-0.15, -0.1) is 0 Å². The predicted octanol–water partition coefficient (Wildman–Crippen LogP) is 1.51. The molecule has 1 amide bonds. The molecule has 1 aromatic rings. The van der Waals surface area contributed by atoms with E-state index < -0.39 is 36.4 Å². The molecule has 1 aliphatic rings. The van der Waals surface area contributed by atoms with Crippen LogP contribution >= 0.6 is 0 Å². The topological polar surface area (TPSA) is 86.3 Å². The highest BCUT2D eigenvalue weighted by Crippen LogP contribution is 2.46. The number of halogens is 3. The minimum absolute atomic E-state index is 0.193. The molecule has 1 fully saturated rings. The molecule has 0 saturated carbocycles. The van der Waals surface area contributed by atoms with Crippen LogP contribution in [0.25, 0.3) is 0 Å². The van der Waals surface area contributed by atoms with Crippen LogP contribution in [-0.2, 0) is 4.79 Å². The molecule has 0 bridgehead atoms. The van der Waals surface area contributed by atoms with Gasteiger partial charge in [-0.05, 0) is 20.3 Å². The lowest BCUT2D eigenvalue weighted by atomic mass is 9.86. The Bertz CT molecular complexity index is 577. The van der Waals surface area contributed by atoms with E-state index in [1.807, 2.05) is 0 Å². The summed E-state index contributed by atoms with van der Waals surface area (Å²) >= 11 is 0. The third-order valence-corrected chi connectivity index (χ3v) is 3.85. The van der Waals surface area contributed by atoms with E-state index in [4.69, 9.17) is 5.11 Å². The van der Waals surface area contributed by atoms with Crippen LogP contribution in [0.4, 0.5) is 13.2 Å². The number of aromatic amines is 1. The monoisotopic (exact) mass is 305 g/mol. The van der Waals surface area contributed by atoms with Gasteiger partial charge in [0.2, 0.25) is 0 Å². The molecule has 0 aliphatic carbocycles. The molecule has 2 rings (SSSR count). The van der Waals surface area contributed by atoms with Crippen molar-refractivity contribution in [3.8, 4) is 0 Å². The van der Waals surface area contributed by atoms with Crippen molar-refractivity contribution < 1.29 is 27.9 Å². The van der Waals surface area contributed by atoms with E-state index in [0.717, 1.165) is 4.90 Å². The molecule has 2 N–H and O–H groups in total. The van der Waals surface area contributed by atoms with Crippen LogP contribution in [0.1, 0.15) is 28.2 Å². The van der Waals surface area contributed by atoms with Crippen LogP contribution in [0, 0.1) is 19.3 Å². The third kappa shape index (κ3) is 2.26. The Morgan fingerprint density at radius 2 is 2.00 bits per heavy atom. The second kappa shape index (κ2) is 4.74. The molecule has 9 heteroatoms. The summed E-state index contributed by atoms with van der Waals surface area (Å²) in [6.07, 6.45) is -5.55. The molecule has 2 heterocycles. The number of carbonyl (C=O) groups excluding carboxylic acids is 1. The number of likely N-dealkylation sites (tertiary alicyclic amines) is 1. The number of rotatable bonds is 2. The molecule has 6 nitrogen and oxygen atoms in total. The van der Waals surface area contributed by atoms with Crippen LogP contribution in [0.15, 0.2) is 0 Å². The average molecular weight is 305 g/mol. The van der Waals surface area contributed by atoms with Gasteiger partial charge in [0.1, 0.15) is 0 Å². The number of aryl methyl sites for hydroxylation is 2. The fourth-order valence-corrected chi connectivity index (χ4v) is 2.53. The first-order valence-corrected chi connectivity index (χ1v) is 6.21. The molecule has 1 aliphatic heterocycles. The lowest BCUT2D eigenvalue weighted by molar-refractivity contribution is -0.227. The number of hydrogen-bond donors (Lipinski definition) is 2. The summed E-state index contributed by atoms with van der Waals surface area (Å²) in [6, 6.07) is 0. The summed E-state index contributed by atoms with van der Waals surface area (Å²) < 4.78 is 39.2. The Hall–Kier alpha value is -2.06. The predicted molar refractivity (Wildman–Crippen MR) is 64.7 cm³/mol. The third-order valence-electron chi connectivity index (χ3n) is 3.85. The SMILES string of the molecule is Cc1n[nH]c(C)c1C(=O)N1CCC(C(=O)O)(C(F)(F)F)C1. The van der Waals surface area contributed by atoms with Gasteiger partial charge in [-0.1, -0.05) is 0 Å². The van der Waals surface area contributed by atoms with Crippen molar-refractivity contribution in [3.05, 3.63) is 17.0 Å². The number of carboxylic acids is 1. The van der Waals surface area contributed by atoms with E-state index in [1.165, 1.54) is 0 Å². The summed E-state index contributed by atoms with van der Waals surface area (Å²) in [5, 5.41) is 15.4. The summed E-state index contributed by atoms with van der Waals surface area (Å²) in [5.74, 6) is -2.59. The van der Waals surface area contributed by atoms with Gasteiger partial charge in [0, 0.05) is 18.8 Å². The van der Waals surface area contributed by atoms with E-state index in [0.29, 0.717) is 11.4 Å². The number of nitrogens with zero attached hydrogens (tertiary/aromatic N) is 2. The van der Waals surface area contributed by atoms with Crippen molar-refractivity contribution in [2.45, 2.75) is 26.4 Å². The number of H-pyrrole nitrogens is 1. The average Bonchev–Trinajstić information content (AvgIpc) is 2.93. The number of aromatic nitrogens is 2. The number of aliphatic carboxylic acids is 1. The van der Waals surface area contributed by atoms with Gasteiger partial charge in [0.15, 0.2) is 5.41 Å². The van der Waals surface area contributed by atoms with E-state index >= 15 is 0 Å². The molecule has 0 aromatic carbocycles. The summed E-state index contributed by atoms with van der Waals surface area (Å²) in [7, 11) is 0. The van der Waals surface area contributed by atoms with Gasteiger partial charge in [-0.25, -0.2) is 0 Å². The van der Waals surface area contributed by atoms with Crippen molar-refractivity contribution in [1.82, 2.24) is 15.1 Å². The molecule has 21 heavy (non-hydrogen) atoms. The molecule has 1 atom stereocenters. The Morgan fingerprint density at radius 3 is 2.38 bits per heavy atom. The Balaban J connectivity index is 2.30. The largest absolute Gasteiger partial charge is 0.481 e. The molecule has 1 saturated heterocycles. The number of hydrogen-bond acceptors (Lipinski definition) is 3.